The fourth-order valence-electron chi connectivity index (χ4n) is 3.75. The van der Waals surface area contributed by atoms with Crippen molar-refractivity contribution >= 4 is 17.6 Å². The molecule has 1 aromatic carbocycles. The summed E-state index contributed by atoms with van der Waals surface area (Å²) >= 11 is 0. The number of hydrogen-bond donors (Lipinski definition) is 1. The Morgan fingerprint density at radius 3 is 2.90 bits per heavy atom. The van der Waals surface area contributed by atoms with Crippen LogP contribution in [0.15, 0.2) is 36.5 Å². The number of carbonyl (C=O) groups is 2. The zero-order chi connectivity index (χ0) is 21.5. The first kappa shape index (κ1) is 18.9. The monoisotopic (exact) mass is 418 g/mol. The van der Waals surface area contributed by atoms with Gasteiger partial charge in [0.15, 0.2) is 5.82 Å². The summed E-state index contributed by atoms with van der Waals surface area (Å²) < 4.78 is 21.2. The Morgan fingerprint density at radius 2 is 2.10 bits per heavy atom. The van der Waals surface area contributed by atoms with Crippen molar-refractivity contribution in [3.8, 4) is 23.0 Å². The highest BCUT2D eigenvalue weighted by Gasteiger charge is 2.29. The van der Waals surface area contributed by atoms with E-state index in [0.717, 1.165) is 0 Å². The highest BCUT2D eigenvalue weighted by atomic mass is 19.1. The van der Waals surface area contributed by atoms with Gasteiger partial charge in [0, 0.05) is 12.3 Å². The summed E-state index contributed by atoms with van der Waals surface area (Å²) in [4.78, 5) is 30.5. The highest BCUT2D eigenvalue weighted by Crippen LogP contribution is 2.31. The largest absolute Gasteiger partial charge is 0.370 e. The number of ether oxygens (including phenoxy) is 1. The smallest absolute Gasteiger partial charge is 0.255 e. The normalized spacial score (nSPS) is 15.5. The minimum absolute atomic E-state index is 0.0196. The van der Waals surface area contributed by atoms with Crippen LogP contribution in [-0.2, 0) is 16.1 Å². The van der Waals surface area contributed by atoms with Crippen LogP contribution in [0.25, 0.3) is 16.9 Å². The zero-order valence-electron chi connectivity index (χ0n) is 16.1. The van der Waals surface area contributed by atoms with Gasteiger partial charge in [0.1, 0.15) is 12.4 Å². The summed E-state index contributed by atoms with van der Waals surface area (Å²) in [6, 6.07) is 9.38. The number of aromatic nitrogens is 3. The van der Waals surface area contributed by atoms with E-state index >= 15 is 0 Å². The Morgan fingerprint density at radius 1 is 1.23 bits per heavy atom. The number of benzene rings is 1. The quantitative estimate of drug-likeness (QED) is 0.691. The standard InChI is InChI=1S/C21H15FN6O3/c22-13-3-1-2-12(9-23)19(13)14-8-16(20-15(25-14)10-24-21(20)30)28-5-4-17(26-28)27-6-7-31-11-18(27)29/h1-5,8H,6-7,10-11H2,(H,24,30). The predicted molar refractivity (Wildman–Crippen MR) is 106 cm³/mol. The second-order valence-electron chi connectivity index (χ2n) is 7.02. The Kier molecular flexibility index (Phi) is 4.45. The number of nitrogens with one attached hydrogen (secondary N) is 1. The van der Waals surface area contributed by atoms with E-state index in [1.807, 2.05) is 6.07 Å². The number of halogens is 1. The van der Waals surface area contributed by atoms with E-state index < -0.39 is 5.82 Å². The average molecular weight is 418 g/mol. The average Bonchev–Trinajstić information content (AvgIpc) is 3.40. The molecule has 3 aromatic rings. The molecule has 10 heteroatoms. The van der Waals surface area contributed by atoms with E-state index in [4.69, 9.17) is 4.74 Å². The molecular weight excluding hydrogens is 403 g/mol. The van der Waals surface area contributed by atoms with Gasteiger partial charge in [-0.3, -0.25) is 14.5 Å². The Hall–Kier alpha value is -4.10. The highest BCUT2D eigenvalue weighted by molar-refractivity contribution is 6.02. The lowest BCUT2D eigenvalue weighted by molar-refractivity contribution is -0.125. The lowest BCUT2D eigenvalue weighted by atomic mass is 10.0. The molecule has 9 nitrogen and oxygen atoms in total. The summed E-state index contributed by atoms with van der Waals surface area (Å²) in [7, 11) is 0. The van der Waals surface area contributed by atoms with E-state index in [1.165, 1.54) is 33.8 Å². The van der Waals surface area contributed by atoms with Gasteiger partial charge in [-0.15, -0.1) is 5.10 Å². The zero-order valence-corrected chi connectivity index (χ0v) is 16.1. The van der Waals surface area contributed by atoms with Crippen molar-refractivity contribution in [3.05, 3.63) is 59.2 Å². The predicted octanol–water partition coefficient (Wildman–Crippen LogP) is 1.55. The molecule has 0 spiro atoms. The summed E-state index contributed by atoms with van der Waals surface area (Å²) in [5, 5.41) is 16.6. The van der Waals surface area contributed by atoms with E-state index in [2.05, 4.69) is 15.4 Å². The van der Waals surface area contributed by atoms with Gasteiger partial charge in [0.25, 0.3) is 11.8 Å². The first-order valence-corrected chi connectivity index (χ1v) is 9.52. The number of pyridine rings is 1. The number of nitrogens with zero attached hydrogens (tertiary/aromatic N) is 5. The van der Waals surface area contributed by atoms with Crippen LogP contribution in [0.4, 0.5) is 10.2 Å². The van der Waals surface area contributed by atoms with Crippen LogP contribution in [0.1, 0.15) is 21.6 Å². The molecule has 1 fully saturated rings. The molecule has 0 aliphatic carbocycles. The van der Waals surface area contributed by atoms with Crippen LogP contribution in [-0.4, -0.2) is 46.3 Å². The molecule has 2 aromatic heterocycles. The van der Waals surface area contributed by atoms with E-state index in [0.29, 0.717) is 35.9 Å². The molecule has 31 heavy (non-hydrogen) atoms. The first-order chi connectivity index (χ1) is 15.1. The molecular formula is C21H15FN6O3. The van der Waals surface area contributed by atoms with Gasteiger partial charge in [-0.2, -0.15) is 5.26 Å². The fourth-order valence-corrected chi connectivity index (χ4v) is 3.75. The summed E-state index contributed by atoms with van der Waals surface area (Å²) in [5.41, 5.74) is 1.55. The third kappa shape index (κ3) is 3.12. The van der Waals surface area contributed by atoms with Crippen molar-refractivity contribution < 1.29 is 18.7 Å². The summed E-state index contributed by atoms with van der Waals surface area (Å²) in [5.74, 6) is -0.699. The number of hydrogen-bond acceptors (Lipinski definition) is 6. The third-order valence-electron chi connectivity index (χ3n) is 5.19. The van der Waals surface area contributed by atoms with Gasteiger partial charge in [-0.25, -0.2) is 14.1 Å². The summed E-state index contributed by atoms with van der Waals surface area (Å²) in [6.45, 7) is 0.937. The molecule has 154 valence electrons. The number of nitriles is 1. The number of morpholine rings is 1. The topological polar surface area (TPSA) is 113 Å². The van der Waals surface area contributed by atoms with Crippen molar-refractivity contribution in [2.45, 2.75) is 6.54 Å². The Balaban J connectivity index is 1.66. The van der Waals surface area contributed by atoms with Crippen molar-refractivity contribution in [2.24, 2.45) is 0 Å². The van der Waals surface area contributed by atoms with E-state index in [9.17, 15) is 19.2 Å². The number of amides is 2. The molecule has 0 bridgehead atoms. The molecule has 0 atom stereocenters. The van der Waals surface area contributed by atoms with Gasteiger partial charge in [0.05, 0.1) is 59.5 Å². The number of fused-ring (bicyclic) bond motifs is 1. The second-order valence-corrected chi connectivity index (χ2v) is 7.02. The molecule has 0 saturated carbocycles. The van der Waals surface area contributed by atoms with Crippen LogP contribution in [0.3, 0.4) is 0 Å². The van der Waals surface area contributed by atoms with Crippen LogP contribution in [0.2, 0.25) is 0 Å². The second kappa shape index (κ2) is 7.30. The van der Waals surface area contributed by atoms with Crippen molar-refractivity contribution in [1.82, 2.24) is 20.1 Å². The lowest BCUT2D eigenvalue weighted by Gasteiger charge is -2.24. The van der Waals surface area contributed by atoms with Crippen LogP contribution in [0.5, 0.6) is 0 Å². The summed E-state index contributed by atoms with van der Waals surface area (Å²) in [6.07, 6.45) is 1.62. The Bertz CT molecular complexity index is 1280. The number of anilines is 1. The molecule has 2 aliphatic heterocycles. The number of rotatable bonds is 3. The maximum atomic E-state index is 14.6. The van der Waals surface area contributed by atoms with Gasteiger partial charge >= 0.3 is 0 Å². The van der Waals surface area contributed by atoms with Crippen LogP contribution < -0.4 is 10.2 Å². The maximum absolute atomic E-state index is 14.6. The van der Waals surface area contributed by atoms with Crippen molar-refractivity contribution in [1.29, 1.82) is 5.26 Å². The molecule has 2 amide bonds. The minimum Gasteiger partial charge on any atom is -0.370 e. The van der Waals surface area contributed by atoms with E-state index in [-0.39, 0.29) is 41.8 Å². The van der Waals surface area contributed by atoms with Crippen LogP contribution in [0, 0.1) is 17.1 Å². The molecule has 0 unspecified atom stereocenters. The third-order valence-corrected chi connectivity index (χ3v) is 5.19. The van der Waals surface area contributed by atoms with Crippen LogP contribution >= 0.6 is 0 Å². The van der Waals surface area contributed by atoms with Gasteiger partial charge in [0.2, 0.25) is 0 Å². The van der Waals surface area contributed by atoms with Gasteiger partial charge < -0.3 is 10.1 Å². The molecule has 4 heterocycles. The van der Waals surface area contributed by atoms with Crippen molar-refractivity contribution in [3.63, 3.8) is 0 Å². The molecule has 5 rings (SSSR count). The minimum atomic E-state index is -0.588. The van der Waals surface area contributed by atoms with E-state index in [1.54, 1.807) is 12.3 Å². The fraction of sp³-hybridized carbons (Fsp3) is 0.190. The number of carbonyl (C=O) groups excluding carboxylic acids is 2. The molecule has 1 saturated heterocycles. The molecule has 0 radical (unpaired) electrons. The SMILES string of the molecule is N#Cc1cccc(F)c1-c1cc(-n2ccc(N3CCOCC3=O)n2)c2c(n1)CNC2=O. The Labute approximate surface area is 175 Å². The lowest BCUT2D eigenvalue weighted by Crippen LogP contribution is -2.41. The first-order valence-electron chi connectivity index (χ1n) is 9.52. The van der Waals surface area contributed by atoms with Gasteiger partial charge in [-0.05, 0) is 18.2 Å². The molecule has 1 N–H and O–H groups in total. The maximum Gasteiger partial charge on any atom is 0.255 e. The van der Waals surface area contributed by atoms with Crippen molar-refractivity contribution in [2.75, 3.05) is 24.7 Å². The van der Waals surface area contributed by atoms with Gasteiger partial charge in [-0.1, -0.05) is 6.07 Å². The molecule has 2 aliphatic rings.